The third-order valence-corrected chi connectivity index (χ3v) is 2.57. The highest BCUT2D eigenvalue weighted by atomic mass is 14.2. The molecule has 0 aromatic heterocycles. The molecule has 0 heteroatoms. The number of hydrogen-bond acceptors (Lipinski definition) is 0. The fourth-order valence-corrected chi connectivity index (χ4v) is 1.48. The zero-order valence-electron chi connectivity index (χ0n) is 11.4. The normalized spacial score (nSPS) is 15.4. The average Bonchev–Trinajstić information content (AvgIpc) is 2.01. The Hall–Kier alpha value is -0.780. The molecule has 0 aliphatic carbocycles. The third-order valence-electron chi connectivity index (χ3n) is 2.57. The van der Waals surface area contributed by atoms with Crippen LogP contribution in [0.15, 0.2) is 36.0 Å². The van der Waals surface area contributed by atoms with Crippen LogP contribution in [0.5, 0.6) is 0 Å². The fraction of sp³-hybridized carbons (Fsp3) is 0.600. The van der Waals surface area contributed by atoms with Crippen LogP contribution in [0.2, 0.25) is 0 Å². The van der Waals surface area contributed by atoms with Gasteiger partial charge in [0, 0.05) is 0 Å². The minimum absolute atomic E-state index is 0.168. The lowest BCUT2D eigenvalue weighted by Gasteiger charge is -2.25. The van der Waals surface area contributed by atoms with Crippen molar-refractivity contribution in [3.05, 3.63) is 36.0 Å². The molecule has 0 amide bonds. The van der Waals surface area contributed by atoms with Crippen molar-refractivity contribution in [2.45, 2.75) is 48.5 Å². The topological polar surface area (TPSA) is 0 Å². The van der Waals surface area contributed by atoms with Gasteiger partial charge in [-0.25, -0.2) is 0 Å². The lowest BCUT2D eigenvalue weighted by Crippen LogP contribution is -2.12. The van der Waals surface area contributed by atoms with E-state index in [-0.39, 0.29) is 10.8 Å². The van der Waals surface area contributed by atoms with Crippen molar-refractivity contribution in [2.75, 3.05) is 0 Å². The molecule has 0 radical (unpaired) electrons. The molecular weight excluding hydrogens is 180 g/mol. The summed E-state index contributed by atoms with van der Waals surface area (Å²) >= 11 is 0. The third kappa shape index (κ3) is 4.51. The highest BCUT2D eigenvalue weighted by Crippen LogP contribution is 2.32. The summed E-state index contributed by atoms with van der Waals surface area (Å²) in [4.78, 5) is 0. The fourth-order valence-electron chi connectivity index (χ4n) is 1.48. The summed E-state index contributed by atoms with van der Waals surface area (Å²) in [6.45, 7) is 19.4. The van der Waals surface area contributed by atoms with Gasteiger partial charge in [0.25, 0.3) is 0 Å². The van der Waals surface area contributed by atoms with Crippen molar-refractivity contribution in [3.8, 4) is 0 Å². The molecule has 0 atom stereocenters. The zero-order chi connectivity index (χ0) is 12.3. The van der Waals surface area contributed by atoms with E-state index in [0.717, 1.165) is 0 Å². The predicted molar refractivity (Wildman–Crippen MR) is 70.9 cm³/mol. The van der Waals surface area contributed by atoms with E-state index in [1.54, 1.807) is 0 Å². The maximum Gasteiger partial charge on any atom is -0.0132 e. The molecule has 0 saturated carbocycles. The highest BCUT2D eigenvalue weighted by Gasteiger charge is 2.18. The molecule has 0 saturated heterocycles. The van der Waals surface area contributed by atoms with Crippen molar-refractivity contribution in [3.63, 3.8) is 0 Å². The van der Waals surface area contributed by atoms with Gasteiger partial charge in [0.15, 0.2) is 0 Å². The molecule has 0 N–H and O–H groups in total. The Labute approximate surface area is 95.8 Å². The molecule has 0 rings (SSSR count). The van der Waals surface area contributed by atoms with Crippen molar-refractivity contribution in [1.29, 1.82) is 0 Å². The quantitative estimate of drug-likeness (QED) is 0.549. The van der Waals surface area contributed by atoms with Gasteiger partial charge in [0.2, 0.25) is 0 Å². The second kappa shape index (κ2) is 4.83. The minimum atomic E-state index is 0.168. The van der Waals surface area contributed by atoms with Gasteiger partial charge in [-0.2, -0.15) is 0 Å². The van der Waals surface area contributed by atoms with Crippen LogP contribution in [-0.4, -0.2) is 0 Å². The number of hydrogen-bond donors (Lipinski definition) is 0. The molecule has 86 valence electrons. The van der Waals surface area contributed by atoms with Gasteiger partial charge in [0.05, 0.1) is 0 Å². The molecule has 0 aliphatic rings. The van der Waals surface area contributed by atoms with Crippen molar-refractivity contribution < 1.29 is 0 Å². The lowest BCUT2D eigenvalue weighted by atomic mass is 9.80. The molecule has 0 fully saturated rings. The summed E-state index contributed by atoms with van der Waals surface area (Å²) in [5.74, 6) is 0. The van der Waals surface area contributed by atoms with Gasteiger partial charge in [-0.05, 0) is 28.9 Å². The Morgan fingerprint density at radius 2 is 1.27 bits per heavy atom. The molecule has 0 heterocycles. The molecule has 0 spiro atoms. The van der Waals surface area contributed by atoms with Crippen LogP contribution in [0.4, 0.5) is 0 Å². The SMILES string of the molecule is C=C/C(=C\C(=C/C)C(C)(C)C)C(C)(C)C. The molecule has 0 unspecified atom stereocenters. The molecule has 0 aromatic rings. The number of allylic oxidation sites excluding steroid dienone is 5. The van der Waals surface area contributed by atoms with E-state index < -0.39 is 0 Å². The van der Waals surface area contributed by atoms with Crippen LogP contribution in [-0.2, 0) is 0 Å². The molecule has 0 bridgehead atoms. The van der Waals surface area contributed by atoms with Gasteiger partial charge in [-0.15, -0.1) is 0 Å². The van der Waals surface area contributed by atoms with E-state index in [1.807, 2.05) is 6.08 Å². The Balaban J connectivity index is 5.26. The van der Waals surface area contributed by atoms with Crippen molar-refractivity contribution in [1.82, 2.24) is 0 Å². The Kier molecular flexibility index (Phi) is 4.58. The first kappa shape index (κ1) is 14.2. The van der Waals surface area contributed by atoms with Crippen LogP contribution >= 0.6 is 0 Å². The second-order valence-electron chi connectivity index (χ2n) is 6.05. The second-order valence-corrected chi connectivity index (χ2v) is 6.05. The maximum absolute atomic E-state index is 3.90. The lowest BCUT2D eigenvalue weighted by molar-refractivity contribution is 0.497. The maximum atomic E-state index is 3.90. The van der Waals surface area contributed by atoms with Crippen LogP contribution in [0, 0.1) is 10.8 Å². The predicted octanol–water partition coefficient (Wildman–Crippen LogP) is 5.14. The van der Waals surface area contributed by atoms with Gasteiger partial charge in [-0.3, -0.25) is 0 Å². The van der Waals surface area contributed by atoms with Gasteiger partial charge >= 0.3 is 0 Å². The summed E-state index contributed by atoms with van der Waals surface area (Å²) in [5.41, 5.74) is 3.04. The van der Waals surface area contributed by atoms with E-state index in [9.17, 15) is 0 Å². The molecule has 0 nitrogen and oxygen atoms in total. The van der Waals surface area contributed by atoms with E-state index >= 15 is 0 Å². The molecule has 15 heavy (non-hydrogen) atoms. The number of rotatable bonds is 2. The van der Waals surface area contributed by atoms with Gasteiger partial charge in [0.1, 0.15) is 0 Å². The van der Waals surface area contributed by atoms with Gasteiger partial charge in [-0.1, -0.05) is 66.3 Å². The highest BCUT2D eigenvalue weighted by molar-refractivity contribution is 5.35. The molecular formula is C15H26. The van der Waals surface area contributed by atoms with Crippen LogP contribution in [0.3, 0.4) is 0 Å². The van der Waals surface area contributed by atoms with Crippen molar-refractivity contribution in [2.24, 2.45) is 10.8 Å². The first-order chi connectivity index (χ1) is 6.62. The molecule has 0 aromatic carbocycles. The average molecular weight is 206 g/mol. The summed E-state index contributed by atoms with van der Waals surface area (Å²) in [7, 11) is 0. The molecule has 0 aliphatic heterocycles. The summed E-state index contributed by atoms with van der Waals surface area (Å²) in [6.07, 6.45) is 6.43. The van der Waals surface area contributed by atoms with Crippen LogP contribution in [0.25, 0.3) is 0 Å². The standard InChI is InChI=1S/C15H26/c1-9-12(14(3,4)5)11-13(10-2)15(6,7)8/h9-11H,1H2,2-8H3/b12-11+,13-10+. The van der Waals surface area contributed by atoms with E-state index in [0.29, 0.717) is 0 Å². The van der Waals surface area contributed by atoms with E-state index in [2.05, 4.69) is 67.2 Å². The smallest absolute Gasteiger partial charge is 0.0132 e. The minimum Gasteiger partial charge on any atom is -0.0988 e. The van der Waals surface area contributed by atoms with E-state index in [1.165, 1.54) is 11.1 Å². The first-order valence-corrected chi connectivity index (χ1v) is 5.64. The Bertz CT molecular complexity index is 274. The van der Waals surface area contributed by atoms with Crippen LogP contribution in [0.1, 0.15) is 48.5 Å². The summed E-state index contributed by atoms with van der Waals surface area (Å²) in [6, 6.07) is 0. The summed E-state index contributed by atoms with van der Waals surface area (Å²) < 4.78 is 0. The van der Waals surface area contributed by atoms with Crippen LogP contribution < -0.4 is 0 Å². The summed E-state index contributed by atoms with van der Waals surface area (Å²) in [5, 5.41) is 0. The monoisotopic (exact) mass is 206 g/mol. The Morgan fingerprint density at radius 3 is 1.47 bits per heavy atom. The zero-order valence-corrected chi connectivity index (χ0v) is 11.4. The first-order valence-electron chi connectivity index (χ1n) is 5.64. The van der Waals surface area contributed by atoms with Crippen molar-refractivity contribution >= 4 is 0 Å². The largest absolute Gasteiger partial charge is 0.0988 e. The van der Waals surface area contributed by atoms with Gasteiger partial charge < -0.3 is 0 Å². The Morgan fingerprint density at radius 1 is 0.867 bits per heavy atom. The van der Waals surface area contributed by atoms with E-state index in [4.69, 9.17) is 0 Å².